The number of aromatic nitrogens is 2. The SMILES string of the molecule is CN1CCN(Cc2ccc3c(c2)Cc2c(NC(=O)c4ccccc4)n[nH]c2-3)CC1. The van der Waals surface area contributed by atoms with Crippen LogP contribution < -0.4 is 5.32 Å². The molecule has 1 aliphatic heterocycles. The molecular formula is C23H25N5O. The van der Waals surface area contributed by atoms with Gasteiger partial charge in [-0.2, -0.15) is 5.10 Å². The van der Waals surface area contributed by atoms with Crippen molar-refractivity contribution < 1.29 is 4.79 Å². The smallest absolute Gasteiger partial charge is 0.256 e. The molecule has 0 bridgehead atoms. The number of nitrogens with zero attached hydrogens (tertiary/aromatic N) is 3. The van der Waals surface area contributed by atoms with Crippen molar-refractivity contribution in [2.75, 3.05) is 38.5 Å². The van der Waals surface area contributed by atoms with Gasteiger partial charge >= 0.3 is 0 Å². The quantitative estimate of drug-likeness (QED) is 0.565. The van der Waals surface area contributed by atoms with Gasteiger partial charge in [0, 0.05) is 55.8 Å². The van der Waals surface area contributed by atoms with E-state index in [0.717, 1.165) is 50.4 Å². The molecule has 3 aromatic rings. The summed E-state index contributed by atoms with van der Waals surface area (Å²) in [5.41, 5.74) is 6.57. The van der Waals surface area contributed by atoms with Gasteiger partial charge in [-0.25, -0.2) is 0 Å². The Bertz CT molecular complexity index is 1030. The van der Waals surface area contributed by atoms with Gasteiger partial charge in [0.25, 0.3) is 5.91 Å². The minimum Gasteiger partial charge on any atom is -0.305 e. The fourth-order valence-corrected chi connectivity index (χ4v) is 4.22. The van der Waals surface area contributed by atoms with E-state index in [2.05, 4.69) is 50.6 Å². The number of nitrogens with one attached hydrogen (secondary N) is 2. The molecule has 1 amide bonds. The fourth-order valence-electron chi connectivity index (χ4n) is 4.22. The number of hydrogen-bond acceptors (Lipinski definition) is 4. The normalized spacial score (nSPS) is 16.4. The standard InChI is InChI=1S/C23H25N5O/c1-27-9-11-28(12-10-27)15-16-7-8-19-18(13-16)14-20-21(19)25-26-22(20)24-23(29)17-5-3-2-4-6-17/h2-8,13H,9-12,14-15H2,1H3,(H2,24,25,26,29). The van der Waals surface area contributed by atoms with E-state index in [1.54, 1.807) is 0 Å². The first kappa shape index (κ1) is 18.1. The van der Waals surface area contributed by atoms with Crippen LogP contribution in [0.25, 0.3) is 11.3 Å². The molecule has 0 unspecified atom stereocenters. The summed E-state index contributed by atoms with van der Waals surface area (Å²) in [6, 6.07) is 16.0. The Labute approximate surface area is 170 Å². The zero-order chi connectivity index (χ0) is 19.8. The number of piperazine rings is 1. The average molecular weight is 387 g/mol. The van der Waals surface area contributed by atoms with E-state index in [-0.39, 0.29) is 5.91 Å². The van der Waals surface area contributed by atoms with Gasteiger partial charge in [0.1, 0.15) is 0 Å². The topological polar surface area (TPSA) is 64.3 Å². The van der Waals surface area contributed by atoms with Crippen LogP contribution in [0.1, 0.15) is 27.0 Å². The molecule has 0 saturated carbocycles. The number of likely N-dealkylation sites (N-methyl/N-ethyl adjacent to an activating group) is 1. The zero-order valence-electron chi connectivity index (χ0n) is 16.6. The molecule has 2 heterocycles. The van der Waals surface area contributed by atoms with Gasteiger partial charge in [0.05, 0.1) is 5.69 Å². The second kappa shape index (κ2) is 7.46. The van der Waals surface area contributed by atoms with Crippen molar-refractivity contribution in [3.05, 3.63) is 70.8 Å². The molecule has 1 aliphatic carbocycles. The van der Waals surface area contributed by atoms with Crippen molar-refractivity contribution >= 4 is 11.7 Å². The highest BCUT2D eigenvalue weighted by Crippen LogP contribution is 2.39. The largest absolute Gasteiger partial charge is 0.305 e. The van der Waals surface area contributed by atoms with E-state index >= 15 is 0 Å². The predicted molar refractivity (Wildman–Crippen MR) is 114 cm³/mol. The van der Waals surface area contributed by atoms with Crippen molar-refractivity contribution in [1.29, 1.82) is 0 Å². The number of rotatable bonds is 4. The summed E-state index contributed by atoms with van der Waals surface area (Å²) in [4.78, 5) is 17.4. The van der Waals surface area contributed by atoms with Crippen LogP contribution >= 0.6 is 0 Å². The van der Waals surface area contributed by atoms with E-state index in [1.165, 1.54) is 16.7 Å². The second-order valence-electron chi connectivity index (χ2n) is 7.99. The Morgan fingerprint density at radius 3 is 2.69 bits per heavy atom. The van der Waals surface area contributed by atoms with Crippen LogP contribution in [0.15, 0.2) is 48.5 Å². The van der Waals surface area contributed by atoms with Gasteiger partial charge in [-0.15, -0.1) is 0 Å². The summed E-state index contributed by atoms with van der Waals surface area (Å²) in [6.07, 6.45) is 0.794. The molecule has 6 nitrogen and oxygen atoms in total. The molecule has 148 valence electrons. The number of fused-ring (bicyclic) bond motifs is 3. The maximum Gasteiger partial charge on any atom is 0.256 e. The number of hydrogen-bond donors (Lipinski definition) is 2. The third-order valence-corrected chi connectivity index (χ3v) is 5.94. The van der Waals surface area contributed by atoms with Crippen LogP contribution in [0.3, 0.4) is 0 Å². The molecule has 2 N–H and O–H groups in total. The van der Waals surface area contributed by atoms with Gasteiger partial charge in [-0.1, -0.05) is 36.4 Å². The number of H-pyrrole nitrogens is 1. The Balaban J connectivity index is 1.31. The van der Waals surface area contributed by atoms with Crippen LogP contribution in [-0.2, 0) is 13.0 Å². The Morgan fingerprint density at radius 1 is 1.10 bits per heavy atom. The first-order valence-electron chi connectivity index (χ1n) is 10.1. The molecule has 1 aromatic heterocycles. The molecule has 1 saturated heterocycles. The van der Waals surface area contributed by atoms with Gasteiger partial charge < -0.3 is 10.2 Å². The summed E-state index contributed by atoms with van der Waals surface area (Å²) >= 11 is 0. The molecule has 0 spiro atoms. The number of anilines is 1. The van der Waals surface area contributed by atoms with Gasteiger partial charge in [0.15, 0.2) is 5.82 Å². The van der Waals surface area contributed by atoms with Crippen LogP contribution in [0.2, 0.25) is 0 Å². The first-order valence-corrected chi connectivity index (χ1v) is 10.1. The molecule has 2 aliphatic rings. The van der Waals surface area contributed by atoms with Crippen molar-refractivity contribution in [2.24, 2.45) is 0 Å². The Kier molecular flexibility index (Phi) is 4.66. The lowest BCUT2D eigenvalue weighted by molar-refractivity contribution is 0.102. The Hall–Kier alpha value is -2.96. The van der Waals surface area contributed by atoms with E-state index in [1.807, 2.05) is 30.3 Å². The first-order chi connectivity index (χ1) is 14.2. The Morgan fingerprint density at radius 2 is 1.90 bits per heavy atom. The van der Waals surface area contributed by atoms with Crippen molar-refractivity contribution in [3.63, 3.8) is 0 Å². The highest BCUT2D eigenvalue weighted by atomic mass is 16.1. The van der Waals surface area contributed by atoms with Crippen molar-refractivity contribution in [1.82, 2.24) is 20.0 Å². The fraction of sp³-hybridized carbons (Fsp3) is 0.304. The minimum absolute atomic E-state index is 0.133. The molecular weight excluding hydrogens is 362 g/mol. The lowest BCUT2D eigenvalue weighted by atomic mass is 10.0. The predicted octanol–water partition coefficient (Wildman–Crippen LogP) is 2.98. The minimum atomic E-state index is -0.133. The maximum absolute atomic E-state index is 12.5. The van der Waals surface area contributed by atoms with Crippen LogP contribution in [0, 0.1) is 0 Å². The third-order valence-electron chi connectivity index (χ3n) is 5.94. The van der Waals surface area contributed by atoms with Crippen LogP contribution in [0.5, 0.6) is 0 Å². The second-order valence-corrected chi connectivity index (χ2v) is 7.99. The number of benzene rings is 2. The highest BCUT2D eigenvalue weighted by molar-refractivity contribution is 6.04. The number of aromatic amines is 1. The lowest BCUT2D eigenvalue weighted by Crippen LogP contribution is -2.43. The molecule has 6 heteroatoms. The summed E-state index contributed by atoms with van der Waals surface area (Å²) in [5.74, 6) is 0.497. The van der Waals surface area contributed by atoms with E-state index < -0.39 is 0 Å². The summed E-state index contributed by atoms with van der Waals surface area (Å²) in [6.45, 7) is 5.49. The van der Waals surface area contributed by atoms with Gasteiger partial charge in [0.2, 0.25) is 0 Å². The summed E-state index contributed by atoms with van der Waals surface area (Å²) < 4.78 is 0. The van der Waals surface area contributed by atoms with Crippen LogP contribution in [-0.4, -0.2) is 59.1 Å². The molecule has 1 fully saturated rings. The maximum atomic E-state index is 12.5. The van der Waals surface area contributed by atoms with E-state index in [0.29, 0.717) is 11.4 Å². The van der Waals surface area contributed by atoms with E-state index in [4.69, 9.17) is 0 Å². The highest BCUT2D eigenvalue weighted by Gasteiger charge is 2.26. The lowest BCUT2D eigenvalue weighted by Gasteiger charge is -2.32. The molecule has 0 atom stereocenters. The monoisotopic (exact) mass is 387 g/mol. The number of amides is 1. The van der Waals surface area contributed by atoms with Crippen molar-refractivity contribution in [2.45, 2.75) is 13.0 Å². The number of carbonyl (C=O) groups is 1. The van der Waals surface area contributed by atoms with E-state index in [9.17, 15) is 4.79 Å². The third kappa shape index (κ3) is 3.57. The van der Waals surface area contributed by atoms with Gasteiger partial charge in [-0.05, 0) is 30.3 Å². The van der Waals surface area contributed by atoms with Gasteiger partial charge in [-0.3, -0.25) is 14.8 Å². The van der Waals surface area contributed by atoms with Crippen LogP contribution in [0.4, 0.5) is 5.82 Å². The molecule has 0 radical (unpaired) electrons. The molecule has 5 rings (SSSR count). The number of carbonyl (C=O) groups excluding carboxylic acids is 1. The molecule has 2 aromatic carbocycles. The zero-order valence-corrected chi connectivity index (χ0v) is 16.6. The average Bonchev–Trinajstić information content (AvgIpc) is 3.29. The van der Waals surface area contributed by atoms with Crippen molar-refractivity contribution in [3.8, 4) is 11.3 Å². The summed E-state index contributed by atoms with van der Waals surface area (Å²) in [7, 11) is 2.18. The summed E-state index contributed by atoms with van der Waals surface area (Å²) in [5, 5.41) is 10.4. The molecule has 29 heavy (non-hydrogen) atoms.